The smallest absolute Gasteiger partial charge is 0.133 e. The number of hydrogen-bond donors (Lipinski definition) is 2. The van der Waals surface area contributed by atoms with Crippen LogP contribution in [-0.2, 0) is 4.74 Å². The summed E-state index contributed by atoms with van der Waals surface area (Å²) < 4.78 is 5.10. The second kappa shape index (κ2) is 4.01. The molecule has 0 aliphatic carbocycles. The molecule has 0 spiro atoms. The van der Waals surface area contributed by atoms with Crippen molar-refractivity contribution in [3.8, 4) is 0 Å². The van der Waals surface area contributed by atoms with Crippen LogP contribution in [0.2, 0.25) is 0 Å². The van der Waals surface area contributed by atoms with E-state index in [4.69, 9.17) is 9.84 Å². The quantitative estimate of drug-likeness (QED) is 0.546. The first-order valence-corrected chi connectivity index (χ1v) is 3.90. The first kappa shape index (κ1) is 8.93. The van der Waals surface area contributed by atoms with Gasteiger partial charge in [0.1, 0.15) is 6.23 Å². The van der Waals surface area contributed by atoms with Crippen LogP contribution in [-0.4, -0.2) is 53.7 Å². The third kappa shape index (κ3) is 2.41. The van der Waals surface area contributed by atoms with Crippen LogP contribution in [0.4, 0.5) is 0 Å². The summed E-state index contributed by atoms with van der Waals surface area (Å²) in [6, 6.07) is 0. The van der Waals surface area contributed by atoms with Crippen LogP contribution < -0.4 is 0 Å². The molecule has 1 rings (SSSR count). The van der Waals surface area contributed by atoms with Gasteiger partial charge in [-0.25, -0.2) is 0 Å². The zero-order valence-electron chi connectivity index (χ0n) is 6.73. The monoisotopic (exact) mass is 161 g/mol. The summed E-state index contributed by atoms with van der Waals surface area (Å²) in [6.45, 7) is 4.27. The Labute approximate surface area is 66.4 Å². The van der Waals surface area contributed by atoms with Crippen molar-refractivity contribution in [2.45, 2.75) is 19.3 Å². The van der Waals surface area contributed by atoms with Gasteiger partial charge in [0.05, 0.1) is 19.3 Å². The molecule has 2 atom stereocenters. The van der Waals surface area contributed by atoms with Crippen molar-refractivity contribution in [3.63, 3.8) is 0 Å². The van der Waals surface area contributed by atoms with E-state index in [9.17, 15) is 5.11 Å². The SMILES string of the molecule is CC(O)C(O)N1CCOCC1. The van der Waals surface area contributed by atoms with E-state index in [0.29, 0.717) is 26.3 Å². The fourth-order valence-corrected chi connectivity index (χ4v) is 1.15. The molecule has 1 saturated heterocycles. The molecule has 1 fully saturated rings. The largest absolute Gasteiger partial charge is 0.389 e. The van der Waals surface area contributed by atoms with Gasteiger partial charge in [-0.1, -0.05) is 0 Å². The summed E-state index contributed by atoms with van der Waals surface area (Å²) in [6.07, 6.45) is -1.42. The van der Waals surface area contributed by atoms with E-state index in [0.717, 1.165) is 0 Å². The van der Waals surface area contributed by atoms with E-state index in [2.05, 4.69) is 0 Å². The van der Waals surface area contributed by atoms with Crippen molar-refractivity contribution < 1.29 is 14.9 Å². The second-order valence-corrected chi connectivity index (χ2v) is 2.80. The highest BCUT2D eigenvalue weighted by molar-refractivity contribution is 4.68. The third-order valence-electron chi connectivity index (χ3n) is 1.85. The maximum atomic E-state index is 9.37. The molecule has 11 heavy (non-hydrogen) atoms. The molecule has 0 amide bonds. The van der Waals surface area contributed by atoms with Crippen LogP contribution in [0.5, 0.6) is 0 Å². The first-order valence-electron chi connectivity index (χ1n) is 3.90. The Bertz CT molecular complexity index is 112. The van der Waals surface area contributed by atoms with Gasteiger partial charge in [-0.3, -0.25) is 4.90 Å². The molecular formula is C7H15NO3. The van der Waals surface area contributed by atoms with Crippen molar-refractivity contribution >= 4 is 0 Å². The van der Waals surface area contributed by atoms with Gasteiger partial charge in [0.25, 0.3) is 0 Å². The number of aliphatic hydroxyl groups is 2. The first-order chi connectivity index (χ1) is 5.22. The van der Waals surface area contributed by atoms with Gasteiger partial charge in [-0.05, 0) is 6.92 Å². The van der Waals surface area contributed by atoms with E-state index >= 15 is 0 Å². The Morgan fingerprint density at radius 2 is 1.82 bits per heavy atom. The summed E-state index contributed by atoms with van der Waals surface area (Å²) in [5, 5.41) is 18.4. The Morgan fingerprint density at radius 3 is 2.27 bits per heavy atom. The highest BCUT2D eigenvalue weighted by Crippen LogP contribution is 2.04. The Balaban J connectivity index is 2.32. The van der Waals surface area contributed by atoms with Gasteiger partial charge in [-0.15, -0.1) is 0 Å². The number of nitrogens with zero attached hydrogens (tertiary/aromatic N) is 1. The van der Waals surface area contributed by atoms with Crippen LogP contribution in [0.25, 0.3) is 0 Å². The fourth-order valence-electron chi connectivity index (χ4n) is 1.15. The number of aliphatic hydroxyl groups excluding tert-OH is 2. The summed E-state index contributed by atoms with van der Waals surface area (Å²) >= 11 is 0. The van der Waals surface area contributed by atoms with Crippen LogP contribution in [0, 0.1) is 0 Å². The van der Waals surface area contributed by atoms with Gasteiger partial charge >= 0.3 is 0 Å². The lowest BCUT2D eigenvalue weighted by Crippen LogP contribution is -2.48. The van der Waals surface area contributed by atoms with Crippen molar-refractivity contribution in [2.24, 2.45) is 0 Å². The van der Waals surface area contributed by atoms with Crippen LogP contribution in [0.1, 0.15) is 6.92 Å². The topological polar surface area (TPSA) is 52.9 Å². The average Bonchev–Trinajstić information content (AvgIpc) is 2.05. The van der Waals surface area contributed by atoms with E-state index in [1.165, 1.54) is 0 Å². The second-order valence-electron chi connectivity index (χ2n) is 2.80. The standard InChI is InChI=1S/C7H15NO3/c1-6(9)7(10)8-2-4-11-5-3-8/h6-7,9-10H,2-5H2,1H3. The van der Waals surface area contributed by atoms with E-state index in [1.807, 2.05) is 4.90 Å². The minimum Gasteiger partial charge on any atom is -0.389 e. The van der Waals surface area contributed by atoms with E-state index in [-0.39, 0.29) is 0 Å². The van der Waals surface area contributed by atoms with Gasteiger partial charge in [0.15, 0.2) is 0 Å². The molecule has 0 aromatic carbocycles. The van der Waals surface area contributed by atoms with Crippen molar-refractivity contribution in [3.05, 3.63) is 0 Å². The van der Waals surface area contributed by atoms with Crippen LogP contribution in [0.3, 0.4) is 0 Å². The summed E-state index contributed by atoms with van der Waals surface area (Å²) in [5.74, 6) is 0. The van der Waals surface area contributed by atoms with Crippen molar-refractivity contribution in [1.82, 2.24) is 4.90 Å². The van der Waals surface area contributed by atoms with Gasteiger partial charge in [0, 0.05) is 13.1 Å². The fraction of sp³-hybridized carbons (Fsp3) is 1.00. The maximum absolute atomic E-state index is 9.37. The molecule has 1 aliphatic rings. The summed E-state index contributed by atoms with van der Waals surface area (Å²) in [4.78, 5) is 1.81. The van der Waals surface area contributed by atoms with Crippen molar-refractivity contribution in [1.29, 1.82) is 0 Å². The number of ether oxygens (including phenoxy) is 1. The summed E-state index contributed by atoms with van der Waals surface area (Å²) in [5.41, 5.74) is 0. The Morgan fingerprint density at radius 1 is 1.27 bits per heavy atom. The molecule has 0 radical (unpaired) electrons. The normalized spacial score (nSPS) is 26.5. The molecule has 0 aromatic rings. The highest BCUT2D eigenvalue weighted by atomic mass is 16.5. The van der Waals surface area contributed by atoms with Crippen LogP contribution >= 0.6 is 0 Å². The summed E-state index contributed by atoms with van der Waals surface area (Å²) in [7, 11) is 0. The zero-order chi connectivity index (χ0) is 8.27. The predicted octanol–water partition coefficient (Wildman–Crippen LogP) is -0.982. The predicted molar refractivity (Wildman–Crippen MR) is 40.1 cm³/mol. The highest BCUT2D eigenvalue weighted by Gasteiger charge is 2.21. The van der Waals surface area contributed by atoms with Crippen LogP contribution in [0.15, 0.2) is 0 Å². The molecule has 0 bridgehead atoms. The molecular weight excluding hydrogens is 146 g/mol. The number of hydrogen-bond acceptors (Lipinski definition) is 4. The maximum Gasteiger partial charge on any atom is 0.133 e. The van der Waals surface area contributed by atoms with Crippen molar-refractivity contribution in [2.75, 3.05) is 26.3 Å². The molecule has 4 nitrogen and oxygen atoms in total. The average molecular weight is 161 g/mol. The molecule has 2 N–H and O–H groups in total. The zero-order valence-corrected chi connectivity index (χ0v) is 6.73. The lowest BCUT2D eigenvalue weighted by atomic mass is 10.3. The number of morpholine rings is 1. The minimum absolute atomic E-state index is 0.643. The van der Waals surface area contributed by atoms with Gasteiger partial charge in [-0.2, -0.15) is 0 Å². The molecule has 66 valence electrons. The molecule has 0 aromatic heterocycles. The minimum atomic E-state index is -0.737. The number of rotatable bonds is 2. The molecule has 0 saturated carbocycles. The Kier molecular flexibility index (Phi) is 3.26. The van der Waals surface area contributed by atoms with E-state index < -0.39 is 12.3 Å². The van der Waals surface area contributed by atoms with Gasteiger partial charge in [0.2, 0.25) is 0 Å². The molecule has 2 unspecified atom stereocenters. The van der Waals surface area contributed by atoms with Gasteiger partial charge < -0.3 is 14.9 Å². The molecule has 1 heterocycles. The molecule has 1 aliphatic heterocycles. The lowest BCUT2D eigenvalue weighted by Gasteiger charge is -2.32. The third-order valence-corrected chi connectivity index (χ3v) is 1.85. The molecule has 4 heteroatoms. The van der Waals surface area contributed by atoms with E-state index in [1.54, 1.807) is 6.92 Å². The Hall–Kier alpha value is -0.160. The lowest BCUT2D eigenvalue weighted by molar-refractivity contribution is -0.108.